The van der Waals surface area contributed by atoms with Gasteiger partial charge < -0.3 is 4.74 Å². The maximum Gasteiger partial charge on any atom is 0.160 e. The Balaban J connectivity index is 2.28. The van der Waals surface area contributed by atoms with Crippen molar-refractivity contribution in [1.29, 1.82) is 0 Å². The lowest BCUT2D eigenvalue weighted by atomic mass is 10.2. The number of benzene rings is 1. The molecule has 0 aliphatic carbocycles. The summed E-state index contributed by atoms with van der Waals surface area (Å²) in [5, 5.41) is -0.432. The van der Waals surface area contributed by atoms with E-state index in [2.05, 4.69) is 0 Å². The molecule has 0 saturated carbocycles. The van der Waals surface area contributed by atoms with Gasteiger partial charge in [-0.05, 0) is 25.5 Å². The topological polar surface area (TPSA) is 43.4 Å². The van der Waals surface area contributed by atoms with Crippen LogP contribution in [0.3, 0.4) is 0 Å². The Bertz CT molecular complexity index is 524. The van der Waals surface area contributed by atoms with Crippen molar-refractivity contribution in [2.45, 2.75) is 30.5 Å². The van der Waals surface area contributed by atoms with E-state index in [1.807, 2.05) is 0 Å². The third-order valence-electron chi connectivity index (χ3n) is 3.18. The molecule has 2 atom stereocenters. The van der Waals surface area contributed by atoms with E-state index >= 15 is 0 Å². The van der Waals surface area contributed by atoms with Crippen LogP contribution in [0.15, 0.2) is 18.2 Å². The summed E-state index contributed by atoms with van der Waals surface area (Å²) >= 11 is 5.84. The predicted octanol–water partition coefficient (Wildman–Crippen LogP) is 2.57. The molecule has 2 rings (SSSR count). The summed E-state index contributed by atoms with van der Waals surface area (Å²) in [6.07, 6.45) is 0.107. The maximum absolute atomic E-state index is 13.6. The second kappa shape index (κ2) is 5.15. The second-order valence-electron chi connectivity index (χ2n) is 4.41. The van der Waals surface area contributed by atoms with Crippen LogP contribution in [0.5, 0.6) is 0 Å². The third kappa shape index (κ3) is 2.68. The number of sulfone groups is 1. The lowest BCUT2D eigenvalue weighted by Gasteiger charge is -2.15. The first-order valence-corrected chi connectivity index (χ1v) is 7.77. The summed E-state index contributed by atoms with van der Waals surface area (Å²) in [5.74, 6) is -0.964. The standard InChI is InChI=1S/C12H14ClFO3S/c1-8-12(5-6-17-8)18(15,16)7-9-10(13)3-2-4-11(9)14/h2-4,8,12H,5-7H2,1H3. The monoisotopic (exact) mass is 292 g/mol. The van der Waals surface area contributed by atoms with Crippen LogP contribution in [0.1, 0.15) is 18.9 Å². The van der Waals surface area contributed by atoms with E-state index in [0.717, 1.165) is 0 Å². The SMILES string of the molecule is CC1OCCC1S(=O)(=O)Cc1c(F)cccc1Cl. The average molecular weight is 293 g/mol. The average Bonchev–Trinajstić information content (AvgIpc) is 2.71. The van der Waals surface area contributed by atoms with E-state index in [0.29, 0.717) is 13.0 Å². The van der Waals surface area contributed by atoms with Crippen molar-refractivity contribution >= 4 is 21.4 Å². The molecule has 1 aliphatic rings. The quantitative estimate of drug-likeness (QED) is 0.860. The fourth-order valence-electron chi connectivity index (χ4n) is 2.16. The first-order valence-electron chi connectivity index (χ1n) is 5.68. The molecular weight excluding hydrogens is 279 g/mol. The zero-order chi connectivity index (χ0) is 13.3. The summed E-state index contributed by atoms with van der Waals surface area (Å²) < 4.78 is 43.3. The summed E-state index contributed by atoms with van der Waals surface area (Å²) in [7, 11) is -3.46. The van der Waals surface area contributed by atoms with Gasteiger partial charge in [-0.25, -0.2) is 12.8 Å². The summed E-state index contributed by atoms with van der Waals surface area (Å²) in [5.41, 5.74) is 0.0401. The molecule has 1 saturated heterocycles. The maximum atomic E-state index is 13.6. The van der Waals surface area contributed by atoms with Crippen molar-refractivity contribution < 1.29 is 17.5 Å². The zero-order valence-corrected chi connectivity index (χ0v) is 11.5. The number of hydrogen-bond donors (Lipinski definition) is 0. The first-order chi connectivity index (χ1) is 8.42. The Hall–Kier alpha value is -0.650. The number of hydrogen-bond acceptors (Lipinski definition) is 3. The lowest BCUT2D eigenvalue weighted by Crippen LogP contribution is -2.29. The minimum Gasteiger partial charge on any atom is -0.377 e. The predicted molar refractivity (Wildman–Crippen MR) is 67.9 cm³/mol. The number of ether oxygens (including phenoxy) is 1. The van der Waals surface area contributed by atoms with E-state index in [9.17, 15) is 12.8 Å². The Morgan fingerprint density at radius 3 is 2.78 bits per heavy atom. The van der Waals surface area contributed by atoms with Crippen molar-refractivity contribution in [2.24, 2.45) is 0 Å². The summed E-state index contributed by atoms with van der Waals surface area (Å²) in [6, 6.07) is 4.16. The van der Waals surface area contributed by atoms with Crippen LogP contribution in [0.4, 0.5) is 4.39 Å². The van der Waals surface area contributed by atoms with Crippen LogP contribution in [0.25, 0.3) is 0 Å². The van der Waals surface area contributed by atoms with Gasteiger partial charge in [-0.3, -0.25) is 0 Å². The Morgan fingerprint density at radius 1 is 1.50 bits per heavy atom. The normalized spacial score (nSPS) is 24.4. The van der Waals surface area contributed by atoms with Gasteiger partial charge in [-0.2, -0.15) is 0 Å². The summed E-state index contributed by atoms with van der Waals surface area (Å²) in [4.78, 5) is 0. The smallest absolute Gasteiger partial charge is 0.160 e. The van der Waals surface area contributed by atoms with Gasteiger partial charge in [0.2, 0.25) is 0 Å². The van der Waals surface area contributed by atoms with E-state index < -0.39 is 20.9 Å². The highest BCUT2D eigenvalue weighted by molar-refractivity contribution is 7.91. The van der Waals surface area contributed by atoms with Crippen molar-refractivity contribution in [3.05, 3.63) is 34.6 Å². The molecule has 100 valence electrons. The van der Waals surface area contributed by atoms with Gasteiger partial charge in [0, 0.05) is 17.2 Å². The van der Waals surface area contributed by atoms with E-state index in [-0.39, 0.29) is 22.4 Å². The van der Waals surface area contributed by atoms with Crippen molar-refractivity contribution in [3.8, 4) is 0 Å². The van der Waals surface area contributed by atoms with Gasteiger partial charge >= 0.3 is 0 Å². The fourth-order valence-corrected chi connectivity index (χ4v) is 4.50. The van der Waals surface area contributed by atoms with Gasteiger partial charge in [0.05, 0.1) is 17.1 Å². The van der Waals surface area contributed by atoms with Crippen LogP contribution in [0, 0.1) is 5.82 Å². The molecular formula is C12H14ClFO3S. The van der Waals surface area contributed by atoms with Gasteiger partial charge in [-0.1, -0.05) is 17.7 Å². The zero-order valence-electron chi connectivity index (χ0n) is 9.90. The van der Waals surface area contributed by atoms with Crippen molar-refractivity contribution in [3.63, 3.8) is 0 Å². The van der Waals surface area contributed by atoms with Crippen molar-refractivity contribution in [2.75, 3.05) is 6.61 Å². The fraction of sp³-hybridized carbons (Fsp3) is 0.500. The van der Waals surface area contributed by atoms with Crippen molar-refractivity contribution in [1.82, 2.24) is 0 Å². The third-order valence-corrected chi connectivity index (χ3v) is 5.76. The van der Waals surface area contributed by atoms with Crippen LogP contribution < -0.4 is 0 Å². The Morgan fingerprint density at radius 2 is 2.22 bits per heavy atom. The molecule has 1 heterocycles. The van der Waals surface area contributed by atoms with Crippen LogP contribution in [0.2, 0.25) is 5.02 Å². The van der Waals surface area contributed by atoms with E-state index in [1.54, 1.807) is 6.92 Å². The highest BCUT2D eigenvalue weighted by atomic mass is 35.5. The molecule has 1 aromatic rings. The van der Waals surface area contributed by atoms with Crippen LogP contribution >= 0.6 is 11.6 Å². The molecule has 3 nitrogen and oxygen atoms in total. The molecule has 1 fully saturated rings. The molecule has 6 heteroatoms. The Kier molecular flexibility index (Phi) is 3.94. The van der Waals surface area contributed by atoms with Gasteiger partial charge in [0.25, 0.3) is 0 Å². The van der Waals surface area contributed by atoms with Gasteiger partial charge in [0.1, 0.15) is 5.82 Å². The van der Waals surface area contributed by atoms with Gasteiger partial charge in [0.15, 0.2) is 9.84 Å². The summed E-state index contributed by atoms with van der Waals surface area (Å²) in [6.45, 7) is 2.15. The minimum atomic E-state index is -3.46. The first kappa shape index (κ1) is 13.8. The van der Waals surface area contributed by atoms with E-state index in [4.69, 9.17) is 16.3 Å². The molecule has 2 unspecified atom stereocenters. The molecule has 0 aromatic heterocycles. The van der Waals surface area contributed by atoms with Gasteiger partial charge in [-0.15, -0.1) is 0 Å². The van der Waals surface area contributed by atoms with Crippen LogP contribution in [-0.4, -0.2) is 26.4 Å². The number of halogens is 2. The molecule has 0 radical (unpaired) electrons. The molecule has 1 aromatic carbocycles. The highest BCUT2D eigenvalue weighted by Gasteiger charge is 2.36. The molecule has 0 bridgehead atoms. The highest BCUT2D eigenvalue weighted by Crippen LogP contribution is 2.27. The second-order valence-corrected chi connectivity index (χ2v) is 7.04. The lowest BCUT2D eigenvalue weighted by molar-refractivity contribution is 0.126. The molecule has 0 N–H and O–H groups in total. The molecule has 0 spiro atoms. The Labute approximate surface area is 111 Å². The molecule has 1 aliphatic heterocycles. The molecule has 18 heavy (non-hydrogen) atoms. The minimum absolute atomic E-state index is 0.0401. The molecule has 0 amide bonds. The van der Waals surface area contributed by atoms with Crippen LogP contribution in [-0.2, 0) is 20.3 Å². The number of rotatable bonds is 3. The van der Waals surface area contributed by atoms with E-state index in [1.165, 1.54) is 18.2 Å². The largest absolute Gasteiger partial charge is 0.377 e.